The summed E-state index contributed by atoms with van der Waals surface area (Å²) in [5.41, 5.74) is 5.71. The smallest absolute Gasteiger partial charge is 0.192 e. The van der Waals surface area contributed by atoms with E-state index in [1.165, 1.54) is 0 Å². The van der Waals surface area contributed by atoms with Crippen LogP contribution < -0.4 is 5.73 Å². The molecule has 0 aromatic heterocycles. The average molecular weight is 214 g/mol. The van der Waals surface area contributed by atoms with Crippen molar-refractivity contribution in [3.05, 3.63) is 0 Å². The maximum atomic E-state index is 8.45. The van der Waals surface area contributed by atoms with Gasteiger partial charge in [0.15, 0.2) is 8.32 Å². The highest BCUT2D eigenvalue weighted by atomic mass is 28.4. The number of rotatable bonds is 4. The Morgan fingerprint density at radius 1 is 1.43 bits per heavy atom. The molecule has 4 heteroatoms. The summed E-state index contributed by atoms with van der Waals surface area (Å²) < 4.78 is 5.87. The molecule has 0 aliphatic heterocycles. The number of hydrogen-bond acceptors (Lipinski definition) is 3. The Balaban J connectivity index is 4.07. The SMILES string of the molecule is CC(C)(C)[Si](C)(C)OCC(N)CC#N. The van der Waals surface area contributed by atoms with Gasteiger partial charge in [0.25, 0.3) is 0 Å². The predicted molar refractivity (Wildman–Crippen MR) is 61.4 cm³/mol. The number of nitrogens with zero attached hydrogens (tertiary/aromatic N) is 1. The number of hydrogen-bond donors (Lipinski definition) is 1. The molecule has 0 saturated heterocycles. The van der Waals surface area contributed by atoms with Crippen molar-refractivity contribution < 1.29 is 4.43 Å². The van der Waals surface area contributed by atoms with Gasteiger partial charge in [0.2, 0.25) is 0 Å². The highest BCUT2D eigenvalue weighted by Gasteiger charge is 2.37. The molecule has 1 unspecified atom stereocenters. The van der Waals surface area contributed by atoms with E-state index in [0.29, 0.717) is 13.0 Å². The predicted octanol–water partition coefficient (Wildman–Crippen LogP) is 2.25. The van der Waals surface area contributed by atoms with Crippen LogP contribution in [0.2, 0.25) is 18.1 Å². The van der Waals surface area contributed by atoms with Crippen LogP contribution in [0.15, 0.2) is 0 Å². The average Bonchev–Trinajstić information content (AvgIpc) is 1.99. The standard InChI is InChI=1S/C10H22N2OSi/c1-10(2,3)14(4,5)13-8-9(12)6-7-11/h9H,6,8,12H2,1-5H3. The van der Waals surface area contributed by atoms with Gasteiger partial charge in [0, 0.05) is 6.04 Å². The summed E-state index contributed by atoms with van der Waals surface area (Å²) in [7, 11) is -1.69. The van der Waals surface area contributed by atoms with E-state index in [2.05, 4.69) is 39.9 Å². The van der Waals surface area contributed by atoms with Gasteiger partial charge in [-0.3, -0.25) is 0 Å². The largest absolute Gasteiger partial charge is 0.415 e. The van der Waals surface area contributed by atoms with Crippen molar-refractivity contribution in [2.75, 3.05) is 6.61 Å². The van der Waals surface area contributed by atoms with Crippen LogP contribution in [0.3, 0.4) is 0 Å². The lowest BCUT2D eigenvalue weighted by Gasteiger charge is -2.36. The Labute approximate surface area is 88.4 Å². The van der Waals surface area contributed by atoms with Crippen LogP contribution in [0.4, 0.5) is 0 Å². The fraction of sp³-hybridized carbons (Fsp3) is 0.900. The zero-order chi connectivity index (χ0) is 11.4. The molecule has 0 aliphatic carbocycles. The second kappa shape index (κ2) is 4.92. The lowest BCUT2D eigenvalue weighted by atomic mass is 10.2. The Morgan fingerprint density at radius 2 is 1.93 bits per heavy atom. The summed E-state index contributed by atoms with van der Waals surface area (Å²) in [5, 5.41) is 8.66. The molecule has 2 N–H and O–H groups in total. The summed E-state index contributed by atoms with van der Waals surface area (Å²) >= 11 is 0. The fourth-order valence-corrected chi connectivity index (χ4v) is 1.77. The second-order valence-electron chi connectivity index (χ2n) is 5.19. The van der Waals surface area contributed by atoms with Crippen molar-refractivity contribution in [1.82, 2.24) is 0 Å². The summed E-state index contributed by atoms with van der Waals surface area (Å²) in [4.78, 5) is 0. The van der Waals surface area contributed by atoms with Crippen LogP contribution in [0.5, 0.6) is 0 Å². The minimum atomic E-state index is -1.69. The molecule has 1 atom stereocenters. The van der Waals surface area contributed by atoms with Crippen molar-refractivity contribution in [1.29, 1.82) is 5.26 Å². The van der Waals surface area contributed by atoms with Gasteiger partial charge in [-0.2, -0.15) is 5.26 Å². The summed E-state index contributed by atoms with van der Waals surface area (Å²) in [6, 6.07) is 1.91. The molecular weight excluding hydrogens is 192 g/mol. The van der Waals surface area contributed by atoms with Crippen LogP contribution in [-0.2, 0) is 4.43 Å². The molecule has 0 heterocycles. The summed E-state index contributed by atoms with van der Waals surface area (Å²) in [6.45, 7) is 11.4. The summed E-state index contributed by atoms with van der Waals surface area (Å²) in [6.07, 6.45) is 0.370. The van der Waals surface area contributed by atoms with Gasteiger partial charge < -0.3 is 10.2 Å². The first-order valence-corrected chi connectivity index (χ1v) is 7.88. The van der Waals surface area contributed by atoms with Crippen molar-refractivity contribution in [3.8, 4) is 6.07 Å². The molecule has 0 bridgehead atoms. The third kappa shape index (κ3) is 4.23. The van der Waals surface area contributed by atoms with Crippen LogP contribution in [0, 0.1) is 11.3 Å². The molecule has 0 aromatic carbocycles. The van der Waals surface area contributed by atoms with Gasteiger partial charge in [-0.25, -0.2) is 0 Å². The monoisotopic (exact) mass is 214 g/mol. The zero-order valence-corrected chi connectivity index (χ0v) is 10.9. The minimum Gasteiger partial charge on any atom is -0.415 e. The lowest BCUT2D eigenvalue weighted by Crippen LogP contribution is -2.43. The number of nitriles is 1. The molecule has 82 valence electrons. The molecule has 3 nitrogen and oxygen atoms in total. The quantitative estimate of drug-likeness (QED) is 0.730. The Morgan fingerprint density at radius 3 is 2.29 bits per heavy atom. The Bertz CT molecular complexity index is 215. The van der Waals surface area contributed by atoms with Crippen molar-refractivity contribution in [2.45, 2.75) is 51.4 Å². The second-order valence-corrected chi connectivity index (χ2v) is 10.0. The molecule has 0 spiro atoms. The van der Waals surface area contributed by atoms with Crippen molar-refractivity contribution >= 4 is 8.32 Å². The molecule has 0 aliphatic rings. The molecule has 0 rings (SSSR count). The van der Waals surface area contributed by atoms with E-state index in [0.717, 1.165) is 0 Å². The van der Waals surface area contributed by atoms with Crippen LogP contribution >= 0.6 is 0 Å². The van der Waals surface area contributed by atoms with E-state index < -0.39 is 8.32 Å². The van der Waals surface area contributed by atoms with E-state index in [4.69, 9.17) is 15.4 Å². The molecule has 0 aromatic rings. The highest BCUT2D eigenvalue weighted by molar-refractivity contribution is 6.74. The first-order chi connectivity index (χ1) is 6.20. The van der Waals surface area contributed by atoms with Crippen LogP contribution in [0.1, 0.15) is 27.2 Å². The molecule has 0 radical (unpaired) electrons. The molecule has 14 heavy (non-hydrogen) atoms. The first-order valence-electron chi connectivity index (χ1n) is 4.97. The maximum Gasteiger partial charge on any atom is 0.192 e. The van der Waals surface area contributed by atoms with E-state index in [1.807, 2.05) is 0 Å². The highest BCUT2D eigenvalue weighted by Crippen LogP contribution is 2.36. The Hall–Kier alpha value is -0.373. The summed E-state index contributed by atoms with van der Waals surface area (Å²) in [5.74, 6) is 0. The zero-order valence-electron chi connectivity index (χ0n) is 9.92. The van der Waals surface area contributed by atoms with E-state index in [9.17, 15) is 0 Å². The normalized spacial score (nSPS) is 14.9. The van der Waals surface area contributed by atoms with Gasteiger partial charge in [-0.15, -0.1) is 0 Å². The van der Waals surface area contributed by atoms with Gasteiger partial charge in [0.1, 0.15) is 0 Å². The van der Waals surface area contributed by atoms with Gasteiger partial charge >= 0.3 is 0 Å². The van der Waals surface area contributed by atoms with E-state index >= 15 is 0 Å². The molecule has 0 amide bonds. The van der Waals surface area contributed by atoms with Crippen LogP contribution in [-0.4, -0.2) is 21.0 Å². The van der Waals surface area contributed by atoms with Crippen molar-refractivity contribution in [3.63, 3.8) is 0 Å². The van der Waals surface area contributed by atoms with Gasteiger partial charge in [0.05, 0.1) is 19.1 Å². The van der Waals surface area contributed by atoms with Gasteiger partial charge in [-0.05, 0) is 18.1 Å². The third-order valence-corrected chi connectivity index (χ3v) is 7.32. The number of nitrogens with two attached hydrogens (primary N) is 1. The lowest BCUT2D eigenvalue weighted by molar-refractivity contribution is 0.264. The molecular formula is C10H22N2OSi. The van der Waals surface area contributed by atoms with E-state index in [1.54, 1.807) is 0 Å². The molecule has 0 fully saturated rings. The molecule has 0 saturated carbocycles. The maximum absolute atomic E-state index is 8.45. The first kappa shape index (κ1) is 13.6. The minimum absolute atomic E-state index is 0.144. The topological polar surface area (TPSA) is 59.0 Å². The van der Waals surface area contributed by atoms with Crippen molar-refractivity contribution in [2.24, 2.45) is 5.73 Å². The fourth-order valence-electron chi connectivity index (χ4n) is 0.708. The van der Waals surface area contributed by atoms with Crippen LogP contribution in [0.25, 0.3) is 0 Å². The Kier molecular flexibility index (Phi) is 4.79. The third-order valence-electron chi connectivity index (χ3n) is 2.82. The van der Waals surface area contributed by atoms with Gasteiger partial charge in [-0.1, -0.05) is 20.8 Å². The van der Waals surface area contributed by atoms with E-state index in [-0.39, 0.29) is 11.1 Å².